The van der Waals surface area contributed by atoms with Crippen molar-refractivity contribution in [3.05, 3.63) is 44.0 Å². The third-order valence-electron chi connectivity index (χ3n) is 2.57. The highest BCUT2D eigenvalue weighted by molar-refractivity contribution is 9.10. The highest BCUT2D eigenvalue weighted by atomic mass is 79.9. The molecule has 2 nitrogen and oxygen atoms in total. The van der Waals surface area contributed by atoms with E-state index in [1.54, 1.807) is 23.5 Å². The lowest BCUT2D eigenvalue weighted by atomic mass is 10.2. The first-order chi connectivity index (χ1) is 9.47. The van der Waals surface area contributed by atoms with Gasteiger partial charge in [-0.2, -0.15) is 8.78 Å². The summed E-state index contributed by atoms with van der Waals surface area (Å²) in [7, 11) is 0. The van der Waals surface area contributed by atoms with Crippen molar-refractivity contribution in [1.29, 1.82) is 0 Å². The van der Waals surface area contributed by atoms with Crippen LogP contribution in [-0.2, 0) is 0 Å². The van der Waals surface area contributed by atoms with E-state index in [0.29, 0.717) is 0 Å². The van der Waals surface area contributed by atoms with Gasteiger partial charge in [-0.15, -0.1) is 11.3 Å². The molecule has 2 rings (SSSR count). The Hall–Kier alpha value is -0.850. The Balaban J connectivity index is 2.11. The fraction of sp³-hybridized carbons (Fsp3) is 0.231. The summed E-state index contributed by atoms with van der Waals surface area (Å²) in [6.07, 6.45) is 0. The molecule has 1 N–H and O–H groups in total. The molecule has 0 aliphatic carbocycles. The van der Waals surface area contributed by atoms with Crippen LogP contribution in [0, 0.1) is 0 Å². The second-order valence-corrected chi connectivity index (χ2v) is 6.23. The Bertz CT molecular complexity index is 594. The van der Waals surface area contributed by atoms with Crippen LogP contribution in [0.5, 0.6) is 5.75 Å². The van der Waals surface area contributed by atoms with Crippen LogP contribution in [0.2, 0.25) is 5.02 Å². The molecule has 0 amide bonds. The number of hydrogen-bond acceptors (Lipinski definition) is 3. The van der Waals surface area contributed by atoms with Gasteiger partial charge in [0.25, 0.3) is 0 Å². The first-order valence-corrected chi connectivity index (χ1v) is 7.76. The van der Waals surface area contributed by atoms with Crippen molar-refractivity contribution in [2.75, 3.05) is 5.32 Å². The summed E-state index contributed by atoms with van der Waals surface area (Å²) in [4.78, 5) is 1.15. The van der Waals surface area contributed by atoms with Crippen molar-refractivity contribution >= 4 is 44.6 Å². The molecule has 0 saturated heterocycles. The van der Waals surface area contributed by atoms with E-state index in [9.17, 15) is 8.78 Å². The highest BCUT2D eigenvalue weighted by Gasteiger charge is 2.13. The predicted molar refractivity (Wildman–Crippen MR) is 82.1 cm³/mol. The van der Waals surface area contributed by atoms with E-state index in [0.717, 1.165) is 15.0 Å². The number of benzene rings is 1. The van der Waals surface area contributed by atoms with Gasteiger partial charge in [0.05, 0.1) is 11.1 Å². The maximum absolute atomic E-state index is 12.1. The lowest BCUT2D eigenvalue weighted by Crippen LogP contribution is -2.06. The van der Waals surface area contributed by atoms with Crippen LogP contribution in [0.3, 0.4) is 0 Å². The smallest absolute Gasteiger partial charge is 0.387 e. The average Bonchev–Trinajstić information content (AvgIpc) is 2.78. The SMILES string of the molecule is CC(Nc1ccc(OC(F)F)c(Cl)c1)c1sccc1Br. The first-order valence-electron chi connectivity index (χ1n) is 5.71. The average molecular weight is 383 g/mol. The zero-order valence-corrected chi connectivity index (χ0v) is 13.5. The van der Waals surface area contributed by atoms with Gasteiger partial charge in [-0.05, 0) is 52.5 Å². The van der Waals surface area contributed by atoms with Gasteiger partial charge in [-0.25, -0.2) is 0 Å². The number of hydrogen-bond donors (Lipinski definition) is 1. The summed E-state index contributed by atoms with van der Waals surface area (Å²) in [5.74, 6) is -0.0304. The molecule has 1 aromatic carbocycles. The number of alkyl halides is 2. The second-order valence-electron chi connectivity index (χ2n) is 4.02. The molecule has 20 heavy (non-hydrogen) atoms. The molecule has 0 spiro atoms. The van der Waals surface area contributed by atoms with Gasteiger partial charge in [0.1, 0.15) is 5.75 Å². The number of halogens is 4. The topological polar surface area (TPSA) is 21.3 Å². The summed E-state index contributed by atoms with van der Waals surface area (Å²) in [5.41, 5.74) is 0.740. The van der Waals surface area contributed by atoms with Crippen LogP contribution in [0.25, 0.3) is 0 Å². The standard InChI is InChI=1S/C13H11BrClF2NOS/c1-7(12-9(14)4-5-20-12)18-8-2-3-11(10(15)6-8)19-13(16)17/h2-7,13,18H,1H3. The summed E-state index contributed by atoms with van der Waals surface area (Å²) in [6, 6.07) is 6.69. The number of ether oxygens (including phenoxy) is 1. The van der Waals surface area contributed by atoms with Crippen LogP contribution in [-0.4, -0.2) is 6.61 Å². The minimum atomic E-state index is -2.88. The lowest BCUT2D eigenvalue weighted by molar-refractivity contribution is -0.0497. The summed E-state index contributed by atoms with van der Waals surface area (Å²) in [6.45, 7) is -0.874. The molecule has 0 fully saturated rings. The number of thiophene rings is 1. The largest absolute Gasteiger partial charge is 0.433 e. The Morgan fingerprint density at radius 2 is 2.10 bits per heavy atom. The minimum Gasteiger partial charge on any atom is -0.433 e. The molecular formula is C13H11BrClF2NOS. The van der Waals surface area contributed by atoms with Gasteiger partial charge in [0.2, 0.25) is 0 Å². The molecule has 0 radical (unpaired) electrons. The molecule has 7 heteroatoms. The lowest BCUT2D eigenvalue weighted by Gasteiger charge is -2.15. The van der Waals surface area contributed by atoms with Crippen LogP contribution in [0.1, 0.15) is 17.8 Å². The Kier molecular flexibility index (Phi) is 5.23. The number of nitrogens with one attached hydrogen (secondary N) is 1. The first kappa shape index (κ1) is 15.5. The van der Waals surface area contributed by atoms with Crippen molar-refractivity contribution in [3.8, 4) is 5.75 Å². The molecule has 108 valence electrons. The zero-order chi connectivity index (χ0) is 14.7. The fourth-order valence-corrected chi connectivity index (χ4v) is 3.66. The third kappa shape index (κ3) is 3.84. The van der Waals surface area contributed by atoms with E-state index >= 15 is 0 Å². The summed E-state index contributed by atoms with van der Waals surface area (Å²) < 4.78 is 29.6. The normalized spacial score (nSPS) is 12.5. The van der Waals surface area contributed by atoms with Crippen molar-refractivity contribution in [2.24, 2.45) is 0 Å². The molecule has 1 atom stereocenters. The maximum Gasteiger partial charge on any atom is 0.387 e. The Morgan fingerprint density at radius 3 is 2.65 bits per heavy atom. The predicted octanol–water partition coefficient (Wildman–Crippen LogP) is 5.94. The van der Waals surface area contributed by atoms with Gasteiger partial charge >= 0.3 is 6.61 Å². The molecule has 0 bridgehead atoms. The van der Waals surface area contributed by atoms with Crippen LogP contribution in [0.4, 0.5) is 14.5 Å². The maximum atomic E-state index is 12.1. The molecule has 1 unspecified atom stereocenters. The molecule has 0 aliphatic rings. The number of anilines is 1. The van der Waals surface area contributed by atoms with Gasteiger partial charge in [-0.3, -0.25) is 0 Å². The monoisotopic (exact) mass is 381 g/mol. The zero-order valence-electron chi connectivity index (χ0n) is 10.4. The van der Waals surface area contributed by atoms with Crippen LogP contribution in [0.15, 0.2) is 34.1 Å². The van der Waals surface area contributed by atoms with Gasteiger partial charge < -0.3 is 10.1 Å². The molecule has 2 aromatic rings. The van der Waals surface area contributed by atoms with E-state index in [4.69, 9.17) is 11.6 Å². The van der Waals surface area contributed by atoms with E-state index in [-0.39, 0.29) is 16.8 Å². The van der Waals surface area contributed by atoms with Crippen molar-refractivity contribution in [1.82, 2.24) is 0 Å². The van der Waals surface area contributed by atoms with Gasteiger partial charge in [0.15, 0.2) is 0 Å². The molecule has 1 heterocycles. The molecular weight excluding hydrogens is 372 g/mol. The number of rotatable bonds is 5. The third-order valence-corrected chi connectivity index (χ3v) is 4.92. The second kappa shape index (κ2) is 6.74. The minimum absolute atomic E-state index is 0.0304. The summed E-state index contributed by atoms with van der Waals surface area (Å²) in [5, 5.41) is 5.40. The molecule has 0 saturated carbocycles. The van der Waals surface area contributed by atoms with E-state index < -0.39 is 6.61 Å². The van der Waals surface area contributed by atoms with Crippen LogP contribution < -0.4 is 10.1 Å². The van der Waals surface area contributed by atoms with Gasteiger partial charge in [0, 0.05) is 15.0 Å². The Labute approximate surface area is 132 Å². The van der Waals surface area contributed by atoms with Crippen molar-refractivity contribution in [3.63, 3.8) is 0 Å². The Morgan fingerprint density at radius 1 is 1.35 bits per heavy atom. The molecule has 0 aliphatic heterocycles. The van der Waals surface area contributed by atoms with Gasteiger partial charge in [-0.1, -0.05) is 11.6 Å². The van der Waals surface area contributed by atoms with Crippen LogP contribution >= 0.6 is 38.9 Å². The van der Waals surface area contributed by atoms with E-state index in [2.05, 4.69) is 26.0 Å². The highest BCUT2D eigenvalue weighted by Crippen LogP contribution is 2.33. The summed E-state index contributed by atoms with van der Waals surface area (Å²) >= 11 is 11.0. The van der Waals surface area contributed by atoms with Crippen molar-refractivity contribution < 1.29 is 13.5 Å². The van der Waals surface area contributed by atoms with E-state index in [1.807, 2.05) is 18.4 Å². The van der Waals surface area contributed by atoms with Crippen molar-refractivity contribution in [2.45, 2.75) is 19.6 Å². The molecule has 1 aromatic heterocycles. The fourth-order valence-electron chi connectivity index (χ4n) is 1.71. The quantitative estimate of drug-likeness (QED) is 0.691. The van der Waals surface area contributed by atoms with E-state index in [1.165, 1.54) is 6.07 Å².